The van der Waals surface area contributed by atoms with Crippen LogP contribution in [-0.4, -0.2) is 35.8 Å². The van der Waals surface area contributed by atoms with Crippen molar-refractivity contribution >= 4 is 29.3 Å². The fourth-order valence-corrected chi connectivity index (χ4v) is 1.67. The van der Waals surface area contributed by atoms with Crippen molar-refractivity contribution < 1.29 is 14.7 Å². The molecule has 1 aromatic carbocycles. The fraction of sp³-hybridized carbons (Fsp3) is 0.333. The predicted octanol–water partition coefficient (Wildman–Crippen LogP) is 0.844. The van der Waals surface area contributed by atoms with Gasteiger partial charge in [-0.3, -0.25) is 9.59 Å². The van der Waals surface area contributed by atoms with Crippen molar-refractivity contribution in [2.75, 3.05) is 18.1 Å². The lowest BCUT2D eigenvalue weighted by Crippen LogP contribution is -2.38. The quantitative estimate of drug-likeness (QED) is 0.558. The minimum atomic E-state index is -0.759. The molecule has 0 spiro atoms. The van der Waals surface area contributed by atoms with Crippen molar-refractivity contribution in [2.24, 2.45) is 0 Å². The highest BCUT2D eigenvalue weighted by atomic mass is 32.2. The number of aliphatic hydroxyl groups excluding tert-OH is 1. The summed E-state index contributed by atoms with van der Waals surface area (Å²) in [6.07, 6.45) is 1.25. The first-order chi connectivity index (χ1) is 8.52. The van der Waals surface area contributed by atoms with Crippen LogP contribution in [0.25, 0.3) is 0 Å². The maximum Gasteiger partial charge on any atom is 0.313 e. The minimum absolute atomic E-state index is 0.0527. The lowest BCUT2D eigenvalue weighted by Gasteiger charge is -2.08. The smallest absolute Gasteiger partial charge is 0.313 e. The zero-order chi connectivity index (χ0) is 13.5. The van der Waals surface area contributed by atoms with Crippen molar-refractivity contribution in [1.82, 2.24) is 5.32 Å². The van der Waals surface area contributed by atoms with Gasteiger partial charge >= 0.3 is 11.8 Å². The monoisotopic (exact) mass is 268 g/mol. The summed E-state index contributed by atoms with van der Waals surface area (Å²) < 4.78 is 0. The van der Waals surface area contributed by atoms with Gasteiger partial charge in [0.15, 0.2) is 0 Å². The molecule has 0 saturated carbocycles. The van der Waals surface area contributed by atoms with E-state index in [1.54, 1.807) is 30.0 Å². The van der Waals surface area contributed by atoms with Crippen LogP contribution in [0.4, 0.5) is 5.69 Å². The van der Waals surface area contributed by atoms with E-state index < -0.39 is 17.9 Å². The molecular weight excluding hydrogens is 252 g/mol. The number of nitrogens with one attached hydrogen (secondary N) is 2. The number of amides is 2. The number of carbonyl (C=O) groups excluding carboxylic acids is 2. The third-order valence-corrected chi connectivity index (χ3v) is 2.82. The molecule has 0 aromatic heterocycles. The Morgan fingerprint density at radius 1 is 1.39 bits per heavy atom. The summed E-state index contributed by atoms with van der Waals surface area (Å²) in [5.74, 6) is -1.50. The lowest BCUT2D eigenvalue weighted by molar-refractivity contribution is -0.136. The Kier molecular flexibility index (Phi) is 5.67. The van der Waals surface area contributed by atoms with E-state index in [0.29, 0.717) is 5.69 Å². The van der Waals surface area contributed by atoms with Crippen LogP contribution in [0.5, 0.6) is 0 Å². The van der Waals surface area contributed by atoms with E-state index >= 15 is 0 Å². The lowest BCUT2D eigenvalue weighted by atomic mass is 10.3. The van der Waals surface area contributed by atoms with Gasteiger partial charge < -0.3 is 15.7 Å². The first-order valence-corrected chi connectivity index (χ1v) is 6.66. The maximum absolute atomic E-state index is 11.5. The standard InChI is InChI=1S/C12H16N2O3S/c1-8(15)7-13-11(16)12(17)14-9-4-3-5-10(6-9)18-2/h3-6,8,15H,7H2,1-2H3,(H,13,16)(H,14,17). The SMILES string of the molecule is CSc1cccc(NC(=O)C(=O)NCC(C)O)c1. The van der Waals surface area contributed by atoms with Crippen LogP contribution in [0, 0.1) is 0 Å². The number of aliphatic hydroxyl groups is 1. The summed E-state index contributed by atoms with van der Waals surface area (Å²) in [5.41, 5.74) is 0.569. The number of hydrogen-bond acceptors (Lipinski definition) is 4. The first kappa shape index (κ1) is 14.5. The van der Waals surface area contributed by atoms with Gasteiger partial charge in [0, 0.05) is 17.1 Å². The van der Waals surface area contributed by atoms with E-state index in [0.717, 1.165) is 4.90 Å². The van der Waals surface area contributed by atoms with Crippen LogP contribution >= 0.6 is 11.8 Å². The third-order valence-electron chi connectivity index (χ3n) is 2.09. The Labute approximate surface area is 110 Å². The van der Waals surface area contributed by atoms with Gasteiger partial charge in [-0.2, -0.15) is 0 Å². The Bertz CT molecular complexity index is 435. The molecule has 0 aliphatic rings. The van der Waals surface area contributed by atoms with Gasteiger partial charge in [0.2, 0.25) is 0 Å². The second-order valence-corrected chi connectivity index (χ2v) is 4.62. The van der Waals surface area contributed by atoms with Crippen LogP contribution < -0.4 is 10.6 Å². The van der Waals surface area contributed by atoms with Gasteiger partial charge in [0.25, 0.3) is 0 Å². The molecule has 0 fully saturated rings. The Hall–Kier alpha value is -1.53. The summed E-state index contributed by atoms with van der Waals surface area (Å²) in [4.78, 5) is 23.9. The number of carbonyl (C=O) groups is 2. The summed E-state index contributed by atoms with van der Waals surface area (Å²) in [5, 5.41) is 13.8. The van der Waals surface area contributed by atoms with Crippen LogP contribution in [-0.2, 0) is 9.59 Å². The van der Waals surface area contributed by atoms with Crippen LogP contribution in [0.2, 0.25) is 0 Å². The molecular formula is C12H16N2O3S. The Morgan fingerprint density at radius 2 is 2.11 bits per heavy atom. The molecule has 2 amide bonds. The highest BCUT2D eigenvalue weighted by Gasteiger charge is 2.13. The molecule has 0 heterocycles. The van der Waals surface area contributed by atoms with E-state index in [1.807, 2.05) is 12.3 Å². The van der Waals surface area contributed by atoms with Crippen molar-refractivity contribution in [1.29, 1.82) is 0 Å². The van der Waals surface area contributed by atoms with E-state index in [-0.39, 0.29) is 6.54 Å². The average Bonchev–Trinajstić information content (AvgIpc) is 2.36. The second-order valence-electron chi connectivity index (χ2n) is 3.75. The molecule has 1 atom stereocenters. The van der Waals surface area contributed by atoms with Gasteiger partial charge in [-0.15, -0.1) is 11.8 Å². The Morgan fingerprint density at radius 3 is 2.72 bits per heavy atom. The molecule has 1 unspecified atom stereocenters. The molecule has 0 bridgehead atoms. The molecule has 0 aliphatic carbocycles. The molecule has 3 N–H and O–H groups in total. The molecule has 0 aliphatic heterocycles. The van der Waals surface area contributed by atoms with Crippen LogP contribution in [0.1, 0.15) is 6.92 Å². The van der Waals surface area contributed by atoms with Crippen molar-refractivity contribution in [3.8, 4) is 0 Å². The van der Waals surface area contributed by atoms with E-state index in [9.17, 15) is 9.59 Å². The predicted molar refractivity (Wildman–Crippen MR) is 71.5 cm³/mol. The minimum Gasteiger partial charge on any atom is -0.392 e. The summed E-state index contributed by atoms with van der Waals surface area (Å²) in [6.45, 7) is 1.58. The Balaban J connectivity index is 2.55. The summed E-state index contributed by atoms with van der Waals surface area (Å²) >= 11 is 1.55. The molecule has 0 saturated heterocycles. The first-order valence-electron chi connectivity index (χ1n) is 5.44. The number of hydrogen-bond donors (Lipinski definition) is 3. The molecule has 1 rings (SSSR count). The van der Waals surface area contributed by atoms with Gasteiger partial charge in [-0.1, -0.05) is 6.07 Å². The van der Waals surface area contributed by atoms with Gasteiger partial charge in [0.1, 0.15) is 0 Å². The number of rotatable bonds is 4. The van der Waals surface area contributed by atoms with Crippen molar-refractivity contribution in [2.45, 2.75) is 17.9 Å². The highest BCUT2D eigenvalue weighted by Crippen LogP contribution is 2.18. The van der Waals surface area contributed by atoms with E-state index in [1.165, 1.54) is 6.92 Å². The molecule has 6 heteroatoms. The maximum atomic E-state index is 11.5. The van der Waals surface area contributed by atoms with Crippen molar-refractivity contribution in [3.05, 3.63) is 24.3 Å². The van der Waals surface area contributed by atoms with E-state index in [4.69, 9.17) is 5.11 Å². The average molecular weight is 268 g/mol. The molecule has 98 valence electrons. The zero-order valence-electron chi connectivity index (χ0n) is 10.3. The highest BCUT2D eigenvalue weighted by molar-refractivity contribution is 7.98. The number of thioether (sulfide) groups is 1. The largest absolute Gasteiger partial charge is 0.392 e. The van der Waals surface area contributed by atoms with Crippen LogP contribution in [0.3, 0.4) is 0 Å². The topological polar surface area (TPSA) is 78.4 Å². The van der Waals surface area contributed by atoms with Gasteiger partial charge in [-0.25, -0.2) is 0 Å². The van der Waals surface area contributed by atoms with Gasteiger partial charge in [0.05, 0.1) is 6.10 Å². The summed E-state index contributed by atoms with van der Waals surface area (Å²) in [6, 6.07) is 7.20. The fourth-order valence-electron chi connectivity index (χ4n) is 1.21. The van der Waals surface area contributed by atoms with Crippen molar-refractivity contribution in [3.63, 3.8) is 0 Å². The van der Waals surface area contributed by atoms with E-state index in [2.05, 4.69) is 10.6 Å². The molecule has 18 heavy (non-hydrogen) atoms. The van der Waals surface area contributed by atoms with Gasteiger partial charge in [-0.05, 0) is 31.4 Å². The summed E-state index contributed by atoms with van der Waals surface area (Å²) in [7, 11) is 0. The molecule has 1 aromatic rings. The van der Waals surface area contributed by atoms with Crippen LogP contribution in [0.15, 0.2) is 29.2 Å². The number of anilines is 1. The normalized spacial score (nSPS) is 11.7. The third kappa shape index (κ3) is 4.77. The molecule has 0 radical (unpaired) electrons. The second kappa shape index (κ2) is 7.03. The molecule has 5 nitrogen and oxygen atoms in total. The zero-order valence-corrected chi connectivity index (χ0v) is 11.1. The number of benzene rings is 1.